The van der Waals surface area contributed by atoms with E-state index < -0.39 is 5.97 Å². The fourth-order valence-electron chi connectivity index (χ4n) is 2.52. The maximum Gasteiger partial charge on any atom is 0.335 e. The Morgan fingerprint density at radius 3 is 3.00 bits per heavy atom. The molecule has 1 fully saturated rings. The molecule has 1 aliphatic heterocycles. The summed E-state index contributed by atoms with van der Waals surface area (Å²) >= 11 is 1.53. The summed E-state index contributed by atoms with van der Waals surface area (Å²) in [7, 11) is 2.04. The number of rotatable bonds is 5. The van der Waals surface area contributed by atoms with Gasteiger partial charge < -0.3 is 14.6 Å². The van der Waals surface area contributed by atoms with Gasteiger partial charge in [0.2, 0.25) is 0 Å². The molecule has 6 nitrogen and oxygen atoms in total. The minimum atomic E-state index is -0.979. The number of hydrogen-bond acceptors (Lipinski definition) is 6. The molecule has 1 aromatic heterocycles. The number of nitrogens with zero attached hydrogens (tertiary/aromatic N) is 2. The predicted octanol–water partition coefficient (Wildman–Crippen LogP) is 2.53. The molecule has 1 aromatic carbocycles. The summed E-state index contributed by atoms with van der Waals surface area (Å²) in [5.41, 5.74) is 0.958. The zero-order chi connectivity index (χ0) is 17.1. The van der Waals surface area contributed by atoms with Crippen LogP contribution in [0.3, 0.4) is 0 Å². The molecule has 0 unspecified atom stereocenters. The number of hydrogen-bond donors (Lipinski definition) is 1. The van der Waals surface area contributed by atoms with Gasteiger partial charge in [-0.25, -0.2) is 9.78 Å². The molecular formula is C17H20N2O4S. The van der Waals surface area contributed by atoms with Crippen molar-refractivity contribution in [2.24, 2.45) is 0 Å². The number of benzene rings is 1. The number of likely N-dealkylation sites (N-methyl/N-ethyl adjacent to an activating group) is 1. The first-order valence-corrected chi connectivity index (χ1v) is 8.56. The Bertz CT molecular complexity index is 731. The van der Waals surface area contributed by atoms with Crippen LogP contribution in [0.4, 0.5) is 0 Å². The molecule has 3 rings (SSSR count). The topological polar surface area (TPSA) is 71.9 Å². The molecule has 0 bridgehead atoms. The number of aryl methyl sites for hydroxylation is 1. The number of carboxylic acid groups (broad SMARTS) is 1. The van der Waals surface area contributed by atoms with Gasteiger partial charge in [-0.05, 0) is 32.2 Å². The third kappa shape index (κ3) is 3.92. The van der Waals surface area contributed by atoms with E-state index in [-0.39, 0.29) is 11.6 Å². The number of aromatic nitrogens is 1. The molecule has 0 amide bonds. The van der Waals surface area contributed by atoms with Crippen LogP contribution in [0.15, 0.2) is 24.4 Å². The molecule has 1 atom stereocenters. The average molecular weight is 348 g/mol. The van der Waals surface area contributed by atoms with Crippen LogP contribution in [0.2, 0.25) is 0 Å². The second-order valence-corrected chi connectivity index (χ2v) is 7.08. The first-order valence-electron chi connectivity index (χ1n) is 7.75. The minimum absolute atomic E-state index is 0.165. The van der Waals surface area contributed by atoms with Crippen LogP contribution >= 0.6 is 11.3 Å². The highest BCUT2D eigenvalue weighted by atomic mass is 32.1. The van der Waals surface area contributed by atoms with Crippen molar-refractivity contribution in [2.75, 3.05) is 33.4 Å². The van der Waals surface area contributed by atoms with Gasteiger partial charge in [0.25, 0.3) is 0 Å². The van der Waals surface area contributed by atoms with E-state index in [2.05, 4.69) is 9.88 Å². The lowest BCUT2D eigenvalue weighted by Crippen LogP contribution is -2.46. The predicted molar refractivity (Wildman–Crippen MR) is 92.0 cm³/mol. The molecule has 1 saturated heterocycles. The van der Waals surface area contributed by atoms with Gasteiger partial charge in [-0.1, -0.05) is 0 Å². The van der Waals surface area contributed by atoms with Crippen molar-refractivity contribution in [3.63, 3.8) is 0 Å². The minimum Gasteiger partial charge on any atom is -0.492 e. The van der Waals surface area contributed by atoms with Gasteiger partial charge in [0.1, 0.15) is 17.4 Å². The zero-order valence-corrected chi connectivity index (χ0v) is 14.5. The second-order valence-electron chi connectivity index (χ2n) is 5.85. The van der Waals surface area contributed by atoms with Crippen molar-refractivity contribution in [1.82, 2.24) is 9.88 Å². The highest BCUT2D eigenvalue weighted by Crippen LogP contribution is 2.29. The van der Waals surface area contributed by atoms with Gasteiger partial charge in [-0.2, -0.15) is 0 Å². The summed E-state index contributed by atoms with van der Waals surface area (Å²) in [4.78, 5) is 19.0. The Balaban J connectivity index is 1.81. The third-order valence-electron chi connectivity index (χ3n) is 3.99. The molecule has 24 heavy (non-hydrogen) atoms. The van der Waals surface area contributed by atoms with Crippen LogP contribution in [-0.2, 0) is 4.74 Å². The molecule has 2 heterocycles. The van der Waals surface area contributed by atoms with E-state index in [0.29, 0.717) is 19.0 Å². The Kier molecular flexibility index (Phi) is 5.13. The fourth-order valence-corrected chi connectivity index (χ4v) is 3.27. The highest BCUT2D eigenvalue weighted by Gasteiger charge is 2.20. The van der Waals surface area contributed by atoms with Crippen LogP contribution in [0.25, 0.3) is 10.6 Å². The molecular weight excluding hydrogens is 328 g/mol. The molecule has 128 valence electrons. The van der Waals surface area contributed by atoms with E-state index in [1.54, 1.807) is 18.3 Å². The van der Waals surface area contributed by atoms with Gasteiger partial charge in [0.05, 0.1) is 24.8 Å². The standard InChI is InChI=1S/C17H20N2O4S/c1-11-8-18-16(24-11)12-5-13(17(20)21)7-15(6-12)23-10-14-9-22-4-3-19(14)2/h5-8,14H,3-4,9-10H2,1-2H3,(H,20,21)/t14-/m1/s1. The number of carbonyl (C=O) groups is 1. The van der Waals surface area contributed by atoms with Crippen molar-refractivity contribution in [3.8, 4) is 16.3 Å². The van der Waals surface area contributed by atoms with E-state index >= 15 is 0 Å². The molecule has 2 aromatic rings. The van der Waals surface area contributed by atoms with Crippen molar-refractivity contribution >= 4 is 17.3 Å². The molecule has 1 aliphatic rings. The summed E-state index contributed by atoms with van der Waals surface area (Å²) in [6, 6.07) is 5.19. The first-order chi connectivity index (χ1) is 11.5. The highest BCUT2D eigenvalue weighted by molar-refractivity contribution is 7.14. The van der Waals surface area contributed by atoms with E-state index in [0.717, 1.165) is 28.6 Å². The molecule has 0 saturated carbocycles. The second kappa shape index (κ2) is 7.29. The van der Waals surface area contributed by atoms with Crippen LogP contribution in [-0.4, -0.2) is 60.4 Å². The molecule has 1 N–H and O–H groups in total. The summed E-state index contributed by atoms with van der Waals surface area (Å²) in [5, 5.41) is 10.1. The normalized spacial score (nSPS) is 18.5. The van der Waals surface area contributed by atoms with Gasteiger partial charge in [-0.3, -0.25) is 4.90 Å². The quantitative estimate of drug-likeness (QED) is 0.895. The maximum absolute atomic E-state index is 11.4. The van der Waals surface area contributed by atoms with Gasteiger partial charge in [0.15, 0.2) is 0 Å². The number of morpholine rings is 1. The van der Waals surface area contributed by atoms with Gasteiger partial charge >= 0.3 is 5.97 Å². The van der Waals surface area contributed by atoms with E-state index in [4.69, 9.17) is 9.47 Å². The molecule has 0 aliphatic carbocycles. The Labute approximate surface area is 144 Å². The SMILES string of the molecule is Cc1cnc(-c2cc(OC[C@H]3COCCN3C)cc(C(=O)O)c2)s1. The lowest BCUT2D eigenvalue weighted by Gasteiger charge is -2.32. The van der Waals surface area contributed by atoms with E-state index in [9.17, 15) is 9.90 Å². The van der Waals surface area contributed by atoms with E-state index in [1.165, 1.54) is 11.3 Å². The molecule has 7 heteroatoms. The molecule has 0 radical (unpaired) electrons. The van der Waals surface area contributed by atoms with Crippen molar-refractivity contribution in [1.29, 1.82) is 0 Å². The average Bonchev–Trinajstić information content (AvgIpc) is 3.00. The van der Waals surface area contributed by atoms with Crippen LogP contribution in [0.1, 0.15) is 15.2 Å². The smallest absolute Gasteiger partial charge is 0.335 e. The van der Waals surface area contributed by atoms with Crippen molar-refractivity contribution in [3.05, 3.63) is 34.8 Å². The van der Waals surface area contributed by atoms with Crippen LogP contribution in [0, 0.1) is 6.92 Å². The fraction of sp³-hybridized carbons (Fsp3) is 0.412. The van der Waals surface area contributed by atoms with Crippen LogP contribution in [0.5, 0.6) is 5.75 Å². The van der Waals surface area contributed by atoms with Gasteiger partial charge in [0, 0.05) is 23.2 Å². The summed E-state index contributed by atoms with van der Waals surface area (Å²) < 4.78 is 11.3. The number of thiazole rings is 1. The molecule has 0 spiro atoms. The Morgan fingerprint density at radius 2 is 2.33 bits per heavy atom. The Morgan fingerprint density at radius 1 is 1.50 bits per heavy atom. The monoisotopic (exact) mass is 348 g/mol. The number of carboxylic acids is 1. The zero-order valence-electron chi connectivity index (χ0n) is 13.7. The maximum atomic E-state index is 11.4. The lowest BCUT2D eigenvalue weighted by atomic mass is 10.1. The van der Waals surface area contributed by atoms with Gasteiger partial charge in [-0.15, -0.1) is 11.3 Å². The summed E-state index contributed by atoms with van der Waals surface area (Å²) in [6.45, 7) is 4.64. The first kappa shape index (κ1) is 16.9. The largest absolute Gasteiger partial charge is 0.492 e. The lowest BCUT2D eigenvalue weighted by molar-refractivity contribution is -0.0108. The van der Waals surface area contributed by atoms with E-state index in [1.807, 2.05) is 20.0 Å². The Hall–Kier alpha value is -1.96. The number of aromatic carboxylic acids is 1. The third-order valence-corrected chi connectivity index (χ3v) is 4.95. The van der Waals surface area contributed by atoms with Crippen molar-refractivity contribution < 1.29 is 19.4 Å². The number of ether oxygens (including phenoxy) is 2. The summed E-state index contributed by atoms with van der Waals surface area (Å²) in [6.07, 6.45) is 1.78. The van der Waals surface area contributed by atoms with Crippen molar-refractivity contribution in [2.45, 2.75) is 13.0 Å². The van der Waals surface area contributed by atoms with Crippen LogP contribution < -0.4 is 4.74 Å². The summed E-state index contributed by atoms with van der Waals surface area (Å²) in [5.74, 6) is -0.440.